The summed E-state index contributed by atoms with van der Waals surface area (Å²) in [6, 6.07) is 1.03. The number of hydrogen-bond acceptors (Lipinski definition) is 4. The van der Waals surface area contributed by atoms with Crippen LogP contribution in [0.15, 0.2) is 0 Å². The minimum Gasteiger partial charge on any atom is -0.389 e. The van der Waals surface area contributed by atoms with Crippen LogP contribution >= 0.6 is 0 Å². The minimum atomic E-state index is -0.361. The van der Waals surface area contributed by atoms with Crippen molar-refractivity contribution in [2.45, 2.75) is 51.3 Å². The van der Waals surface area contributed by atoms with Gasteiger partial charge in [-0.2, -0.15) is 0 Å². The maximum atomic E-state index is 9.92. The highest BCUT2D eigenvalue weighted by Crippen LogP contribution is 2.19. The Labute approximate surface area is 105 Å². The number of likely N-dealkylation sites (tertiary alicyclic amines) is 1. The van der Waals surface area contributed by atoms with E-state index in [4.69, 9.17) is 4.74 Å². The predicted molar refractivity (Wildman–Crippen MR) is 70.2 cm³/mol. The molecule has 0 radical (unpaired) electrons. The number of likely N-dealkylation sites (N-methyl/N-ethyl adjacent to an activating group) is 1. The van der Waals surface area contributed by atoms with E-state index in [1.54, 1.807) is 0 Å². The number of hydrogen-bond donors (Lipinski definition) is 2. The normalized spacial score (nSPS) is 25.8. The van der Waals surface area contributed by atoms with Crippen molar-refractivity contribution in [3.05, 3.63) is 0 Å². The topological polar surface area (TPSA) is 44.7 Å². The third kappa shape index (κ3) is 4.92. The summed E-state index contributed by atoms with van der Waals surface area (Å²) < 4.78 is 5.27. The van der Waals surface area contributed by atoms with E-state index < -0.39 is 0 Å². The first-order valence-corrected chi connectivity index (χ1v) is 6.86. The minimum absolute atomic E-state index is 0.361. The second-order valence-corrected chi connectivity index (χ2v) is 4.95. The molecule has 1 fully saturated rings. The number of piperidine rings is 1. The number of aliphatic hydroxyl groups is 1. The SMILES string of the molecule is CCOCC(O)CN1CCCCC1C(C)NC. The van der Waals surface area contributed by atoms with Gasteiger partial charge >= 0.3 is 0 Å². The fourth-order valence-corrected chi connectivity index (χ4v) is 2.58. The Balaban J connectivity index is 2.41. The molecule has 4 heteroatoms. The lowest BCUT2D eigenvalue weighted by molar-refractivity contribution is 0.00133. The molecule has 0 spiro atoms. The predicted octanol–water partition coefficient (Wildman–Crippen LogP) is 0.846. The van der Waals surface area contributed by atoms with Crippen LogP contribution in [0.25, 0.3) is 0 Å². The Hall–Kier alpha value is -0.160. The summed E-state index contributed by atoms with van der Waals surface area (Å²) in [6.45, 7) is 7.13. The molecule has 102 valence electrons. The van der Waals surface area contributed by atoms with Crippen LogP contribution < -0.4 is 5.32 Å². The zero-order valence-corrected chi connectivity index (χ0v) is 11.5. The standard InChI is InChI=1S/C13H28N2O2/c1-4-17-10-12(16)9-15-8-6-5-7-13(15)11(2)14-3/h11-14,16H,4-10H2,1-3H3. The summed E-state index contributed by atoms with van der Waals surface area (Å²) in [4.78, 5) is 2.41. The van der Waals surface area contributed by atoms with Gasteiger partial charge in [-0.1, -0.05) is 6.42 Å². The zero-order chi connectivity index (χ0) is 12.7. The average molecular weight is 244 g/mol. The lowest BCUT2D eigenvalue weighted by Gasteiger charge is -2.40. The molecule has 0 aliphatic carbocycles. The molecule has 17 heavy (non-hydrogen) atoms. The highest BCUT2D eigenvalue weighted by atomic mass is 16.5. The van der Waals surface area contributed by atoms with Crippen molar-refractivity contribution in [1.82, 2.24) is 10.2 Å². The molecular weight excluding hydrogens is 216 g/mol. The molecule has 0 bridgehead atoms. The second kappa shape index (κ2) is 8.03. The number of aliphatic hydroxyl groups excluding tert-OH is 1. The van der Waals surface area contributed by atoms with Crippen LogP contribution in [-0.4, -0.2) is 61.5 Å². The highest BCUT2D eigenvalue weighted by Gasteiger charge is 2.27. The van der Waals surface area contributed by atoms with Gasteiger partial charge < -0.3 is 15.2 Å². The van der Waals surface area contributed by atoms with Crippen molar-refractivity contribution in [1.29, 1.82) is 0 Å². The van der Waals surface area contributed by atoms with Crippen molar-refractivity contribution >= 4 is 0 Å². The summed E-state index contributed by atoms with van der Waals surface area (Å²) in [7, 11) is 2.01. The summed E-state index contributed by atoms with van der Waals surface area (Å²) >= 11 is 0. The summed E-state index contributed by atoms with van der Waals surface area (Å²) in [6.07, 6.45) is 3.41. The van der Waals surface area contributed by atoms with E-state index >= 15 is 0 Å². The molecule has 3 atom stereocenters. The molecule has 3 unspecified atom stereocenters. The fourth-order valence-electron chi connectivity index (χ4n) is 2.58. The summed E-state index contributed by atoms with van der Waals surface area (Å²) in [5.74, 6) is 0. The molecule has 0 aromatic carbocycles. The van der Waals surface area contributed by atoms with E-state index in [0.717, 1.165) is 13.1 Å². The quantitative estimate of drug-likeness (QED) is 0.697. The molecule has 1 aliphatic heterocycles. The van der Waals surface area contributed by atoms with Crippen LogP contribution in [0.4, 0.5) is 0 Å². The largest absolute Gasteiger partial charge is 0.389 e. The van der Waals surface area contributed by atoms with Crippen LogP contribution in [0.2, 0.25) is 0 Å². The van der Waals surface area contributed by atoms with Gasteiger partial charge in [0.2, 0.25) is 0 Å². The van der Waals surface area contributed by atoms with Crippen LogP contribution in [0.1, 0.15) is 33.1 Å². The monoisotopic (exact) mass is 244 g/mol. The lowest BCUT2D eigenvalue weighted by Crippen LogP contribution is -2.52. The van der Waals surface area contributed by atoms with Crippen LogP contribution in [0.3, 0.4) is 0 Å². The third-order valence-corrected chi connectivity index (χ3v) is 3.66. The maximum absolute atomic E-state index is 9.92. The third-order valence-electron chi connectivity index (χ3n) is 3.66. The Morgan fingerprint density at radius 2 is 2.24 bits per heavy atom. The van der Waals surface area contributed by atoms with E-state index in [0.29, 0.717) is 25.3 Å². The zero-order valence-electron chi connectivity index (χ0n) is 11.5. The van der Waals surface area contributed by atoms with Gasteiger partial charge in [-0.3, -0.25) is 4.90 Å². The van der Waals surface area contributed by atoms with E-state index in [1.807, 2.05) is 14.0 Å². The molecule has 0 aromatic heterocycles. The average Bonchev–Trinajstić information content (AvgIpc) is 2.36. The molecule has 1 heterocycles. The van der Waals surface area contributed by atoms with E-state index in [9.17, 15) is 5.11 Å². The van der Waals surface area contributed by atoms with Crippen LogP contribution in [0, 0.1) is 0 Å². The van der Waals surface area contributed by atoms with Crippen molar-refractivity contribution in [2.24, 2.45) is 0 Å². The van der Waals surface area contributed by atoms with E-state index in [-0.39, 0.29) is 6.10 Å². The van der Waals surface area contributed by atoms with Crippen molar-refractivity contribution in [3.63, 3.8) is 0 Å². The highest BCUT2D eigenvalue weighted by molar-refractivity contribution is 4.85. The summed E-state index contributed by atoms with van der Waals surface area (Å²) in [5.41, 5.74) is 0. The Bertz CT molecular complexity index is 202. The number of rotatable bonds is 7. The van der Waals surface area contributed by atoms with Gasteiger partial charge in [0.1, 0.15) is 0 Å². The molecule has 0 saturated carbocycles. The summed E-state index contributed by atoms with van der Waals surface area (Å²) in [5, 5.41) is 13.2. The van der Waals surface area contributed by atoms with Crippen molar-refractivity contribution in [3.8, 4) is 0 Å². The first-order chi connectivity index (χ1) is 8.19. The lowest BCUT2D eigenvalue weighted by atomic mass is 9.96. The van der Waals surface area contributed by atoms with Crippen LogP contribution in [-0.2, 0) is 4.74 Å². The molecule has 0 amide bonds. The smallest absolute Gasteiger partial charge is 0.0900 e. The van der Waals surface area contributed by atoms with Gasteiger partial charge in [0.05, 0.1) is 12.7 Å². The molecule has 1 rings (SSSR count). The van der Waals surface area contributed by atoms with Gasteiger partial charge in [-0.15, -0.1) is 0 Å². The number of β-amino-alcohol motifs (C(OH)–C–C–N with tert-alkyl or cyclic N) is 1. The molecule has 4 nitrogen and oxygen atoms in total. The molecule has 2 N–H and O–H groups in total. The van der Waals surface area contributed by atoms with E-state index in [1.165, 1.54) is 19.3 Å². The molecule has 1 aliphatic rings. The molecular formula is C13H28N2O2. The maximum Gasteiger partial charge on any atom is 0.0900 e. The van der Waals surface area contributed by atoms with Crippen molar-refractivity contribution in [2.75, 3.05) is 33.4 Å². The van der Waals surface area contributed by atoms with E-state index in [2.05, 4.69) is 17.1 Å². The molecule has 0 aromatic rings. The number of nitrogens with zero attached hydrogens (tertiary/aromatic N) is 1. The number of ether oxygens (including phenoxy) is 1. The Morgan fingerprint density at radius 3 is 2.88 bits per heavy atom. The van der Waals surface area contributed by atoms with Crippen LogP contribution in [0.5, 0.6) is 0 Å². The second-order valence-electron chi connectivity index (χ2n) is 4.95. The Kier molecular flexibility index (Phi) is 7.04. The van der Waals surface area contributed by atoms with Gasteiger partial charge in [0.25, 0.3) is 0 Å². The van der Waals surface area contributed by atoms with Gasteiger partial charge in [0.15, 0.2) is 0 Å². The van der Waals surface area contributed by atoms with Gasteiger partial charge in [-0.25, -0.2) is 0 Å². The first kappa shape index (κ1) is 14.9. The van der Waals surface area contributed by atoms with Gasteiger partial charge in [0, 0.05) is 25.2 Å². The fraction of sp³-hybridized carbons (Fsp3) is 1.00. The first-order valence-electron chi connectivity index (χ1n) is 6.86. The number of nitrogens with one attached hydrogen (secondary N) is 1. The molecule has 1 saturated heterocycles. The van der Waals surface area contributed by atoms with Crippen molar-refractivity contribution < 1.29 is 9.84 Å². The Morgan fingerprint density at radius 1 is 1.47 bits per heavy atom. The van der Waals surface area contributed by atoms with Gasteiger partial charge in [-0.05, 0) is 40.3 Å².